The predicted octanol–water partition coefficient (Wildman–Crippen LogP) is 9.88. The van der Waals surface area contributed by atoms with Crippen molar-refractivity contribution in [2.24, 2.45) is 0 Å². The molecule has 9 rings (SSSR count). The van der Waals surface area contributed by atoms with E-state index in [1.165, 1.54) is 5.56 Å². The van der Waals surface area contributed by atoms with Crippen molar-refractivity contribution in [2.45, 2.75) is 26.2 Å². The minimum atomic E-state index is -0.0106. The SMILES string of the molecule is CC(C)(C)c1ccnc(-n2c3[c-]c(Oc4[c-]c5c(cc4)c4ncccc4n4cc(-c6ccccc6)nc54)ccc3c3ccccc32)c1.[Pd+2]. The van der Waals surface area contributed by atoms with Crippen LogP contribution in [-0.4, -0.2) is 23.9 Å². The van der Waals surface area contributed by atoms with Gasteiger partial charge >= 0.3 is 20.4 Å². The number of para-hydroxylation sites is 1. The first kappa shape index (κ1) is 30.0. The molecule has 234 valence electrons. The molecule has 0 aliphatic carbocycles. The van der Waals surface area contributed by atoms with E-state index in [0.29, 0.717) is 11.5 Å². The Balaban J connectivity index is 0.00000336. The third-order valence-corrected chi connectivity index (χ3v) is 8.84. The van der Waals surface area contributed by atoms with E-state index in [1.54, 1.807) is 0 Å². The summed E-state index contributed by atoms with van der Waals surface area (Å²) in [6.07, 6.45) is 5.78. The smallest absolute Gasteiger partial charge is 0.503 e. The van der Waals surface area contributed by atoms with Crippen LogP contribution < -0.4 is 4.74 Å². The molecule has 0 amide bonds. The van der Waals surface area contributed by atoms with Crippen molar-refractivity contribution in [3.05, 3.63) is 139 Å². The summed E-state index contributed by atoms with van der Waals surface area (Å²) >= 11 is 0. The number of fused-ring (bicyclic) bond motifs is 9. The molecule has 0 aliphatic heterocycles. The molecule has 0 spiro atoms. The van der Waals surface area contributed by atoms with Gasteiger partial charge in [0.1, 0.15) is 5.82 Å². The molecule has 0 unspecified atom stereocenters. The topological polar surface area (TPSA) is 57.2 Å². The maximum atomic E-state index is 6.51. The van der Waals surface area contributed by atoms with Crippen LogP contribution in [0.5, 0.6) is 11.5 Å². The van der Waals surface area contributed by atoms with Crippen molar-refractivity contribution in [1.82, 2.24) is 23.9 Å². The van der Waals surface area contributed by atoms with Gasteiger partial charge < -0.3 is 13.7 Å². The normalized spacial score (nSPS) is 11.9. The van der Waals surface area contributed by atoms with Gasteiger partial charge in [-0.25, -0.2) is 4.98 Å². The third kappa shape index (κ3) is 4.86. The largest absolute Gasteiger partial charge is 2.00 e. The minimum Gasteiger partial charge on any atom is -0.503 e. The van der Waals surface area contributed by atoms with Gasteiger partial charge in [0.05, 0.1) is 22.4 Å². The number of ether oxygens (including phenoxy) is 1. The Morgan fingerprint density at radius 1 is 0.688 bits per heavy atom. The van der Waals surface area contributed by atoms with Crippen LogP contribution in [0.25, 0.3) is 66.3 Å². The number of nitrogens with zero attached hydrogens (tertiary/aromatic N) is 5. The number of imidazole rings is 1. The van der Waals surface area contributed by atoms with Crippen LogP contribution in [-0.2, 0) is 25.8 Å². The van der Waals surface area contributed by atoms with Crippen molar-refractivity contribution in [3.8, 4) is 28.6 Å². The third-order valence-electron chi connectivity index (χ3n) is 8.84. The minimum absolute atomic E-state index is 0. The number of aromatic nitrogens is 5. The van der Waals surface area contributed by atoms with Crippen LogP contribution in [0.2, 0.25) is 0 Å². The molecule has 0 saturated carbocycles. The van der Waals surface area contributed by atoms with Gasteiger partial charge in [0, 0.05) is 41.2 Å². The van der Waals surface area contributed by atoms with Gasteiger partial charge in [-0.15, -0.1) is 23.6 Å². The second kappa shape index (κ2) is 11.4. The fraction of sp³-hybridized carbons (Fsp3) is 0.0976. The number of hydrogen-bond acceptors (Lipinski definition) is 4. The van der Waals surface area contributed by atoms with E-state index in [1.807, 2.05) is 54.9 Å². The average molecular weight is 714 g/mol. The second-order valence-corrected chi connectivity index (χ2v) is 12.9. The second-order valence-electron chi connectivity index (χ2n) is 12.9. The Labute approximate surface area is 291 Å². The molecule has 9 aromatic rings. The van der Waals surface area contributed by atoms with Gasteiger partial charge in [-0.05, 0) is 46.7 Å². The monoisotopic (exact) mass is 713 g/mol. The number of hydrogen-bond donors (Lipinski definition) is 0. The van der Waals surface area contributed by atoms with Crippen molar-refractivity contribution in [3.63, 3.8) is 0 Å². The number of rotatable bonds is 4. The molecule has 5 heterocycles. The van der Waals surface area contributed by atoms with E-state index in [-0.39, 0.29) is 25.8 Å². The fourth-order valence-electron chi connectivity index (χ4n) is 6.49. The molecule has 0 bridgehead atoms. The summed E-state index contributed by atoms with van der Waals surface area (Å²) in [6, 6.07) is 42.1. The van der Waals surface area contributed by atoms with E-state index in [2.05, 4.69) is 109 Å². The molecule has 0 fully saturated rings. The molecule has 7 heteroatoms. The maximum Gasteiger partial charge on any atom is 2.00 e. The van der Waals surface area contributed by atoms with Gasteiger partial charge in [-0.1, -0.05) is 97.7 Å². The van der Waals surface area contributed by atoms with Crippen LogP contribution >= 0.6 is 0 Å². The Bertz CT molecular complexity index is 2650. The Morgan fingerprint density at radius 2 is 1.44 bits per heavy atom. The van der Waals surface area contributed by atoms with Crippen molar-refractivity contribution in [2.75, 3.05) is 0 Å². The molecule has 6 nitrogen and oxygen atoms in total. The molecule has 0 N–H and O–H groups in total. The van der Waals surface area contributed by atoms with E-state index >= 15 is 0 Å². The summed E-state index contributed by atoms with van der Waals surface area (Å²) < 4.78 is 10.8. The zero-order chi connectivity index (χ0) is 31.7. The molecule has 48 heavy (non-hydrogen) atoms. The molecular formula is C41H29N5OPd. The zero-order valence-electron chi connectivity index (χ0n) is 26.5. The maximum absolute atomic E-state index is 6.51. The number of benzene rings is 4. The van der Waals surface area contributed by atoms with Crippen LogP contribution in [0, 0.1) is 12.1 Å². The first-order valence-electron chi connectivity index (χ1n) is 15.7. The van der Waals surface area contributed by atoms with Crippen LogP contribution in [0.1, 0.15) is 26.3 Å². The summed E-state index contributed by atoms with van der Waals surface area (Å²) in [7, 11) is 0. The molecule has 0 saturated heterocycles. The van der Waals surface area contributed by atoms with E-state index in [9.17, 15) is 0 Å². The van der Waals surface area contributed by atoms with Crippen molar-refractivity contribution < 1.29 is 25.2 Å². The summed E-state index contributed by atoms with van der Waals surface area (Å²) in [6.45, 7) is 6.65. The van der Waals surface area contributed by atoms with Gasteiger partial charge in [-0.2, -0.15) is 6.07 Å². The van der Waals surface area contributed by atoms with E-state index in [0.717, 1.165) is 66.3 Å². The molecule has 0 radical (unpaired) electrons. The van der Waals surface area contributed by atoms with Crippen molar-refractivity contribution >= 4 is 49.3 Å². The van der Waals surface area contributed by atoms with Gasteiger partial charge in [0.15, 0.2) is 0 Å². The van der Waals surface area contributed by atoms with Crippen LogP contribution in [0.4, 0.5) is 0 Å². The van der Waals surface area contributed by atoms with E-state index < -0.39 is 0 Å². The first-order valence-corrected chi connectivity index (χ1v) is 15.7. The molecular weight excluding hydrogens is 685 g/mol. The average Bonchev–Trinajstić information content (AvgIpc) is 3.69. The zero-order valence-corrected chi connectivity index (χ0v) is 28.1. The summed E-state index contributed by atoms with van der Waals surface area (Å²) in [4.78, 5) is 14.6. The van der Waals surface area contributed by atoms with Gasteiger partial charge in [-0.3, -0.25) is 9.97 Å². The summed E-state index contributed by atoms with van der Waals surface area (Å²) in [5.74, 6) is 2.02. The van der Waals surface area contributed by atoms with Crippen LogP contribution in [0.3, 0.4) is 0 Å². The summed E-state index contributed by atoms with van der Waals surface area (Å²) in [5.41, 5.74) is 7.80. The van der Waals surface area contributed by atoms with Gasteiger partial charge in [0.2, 0.25) is 0 Å². The molecule has 5 aromatic heterocycles. The van der Waals surface area contributed by atoms with E-state index in [4.69, 9.17) is 19.7 Å². The van der Waals surface area contributed by atoms with Gasteiger partial charge in [0.25, 0.3) is 0 Å². The molecule has 0 aliphatic rings. The van der Waals surface area contributed by atoms with Crippen LogP contribution in [0.15, 0.2) is 122 Å². The fourth-order valence-corrected chi connectivity index (χ4v) is 6.49. The number of pyridine rings is 3. The Kier molecular flexibility index (Phi) is 7.14. The quantitative estimate of drug-likeness (QED) is 0.104. The summed E-state index contributed by atoms with van der Waals surface area (Å²) in [5, 5.41) is 4.04. The van der Waals surface area contributed by atoms with Crippen molar-refractivity contribution in [1.29, 1.82) is 0 Å². The Hall–Kier alpha value is -5.35. The standard InChI is InChI=1S/C41H29N5O.Pd/c1-41(2,3)27-19-21-42-38(22-27)46-35-13-8-7-12-30(35)31-17-15-29(24-37(31)46)47-28-16-18-32-33(23-28)40-44-34(26-10-5-4-6-11-26)25-45(40)36-14-9-20-43-39(32)36;/h4-22,25H,1-3H3;/q-2;+2. The molecule has 4 aromatic carbocycles. The first-order chi connectivity index (χ1) is 22.9. The molecule has 0 atom stereocenters. The predicted molar refractivity (Wildman–Crippen MR) is 188 cm³/mol. The Morgan fingerprint density at radius 3 is 2.27 bits per heavy atom.